The molecule has 0 spiro atoms. The van der Waals surface area contributed by atoms with Gasteiger partial charge in [-0.15, -0.1) is 0 Å². The Labute approximate surface area is 120 Å². The first-order valence-corrected chi connectivity index (χ1v) is 7.32. The molecule has 9 heteroatoms. The van der Waals surface area contributed by atoms with Crippen molar-refractivity contribution < 1.29 is 27.8 Å². The molecule has 0 aromatic carbocycles. The molecule has 20 heavy (non-hydrogen) atoms. The van der Waals surface area contributed by atoms with Crippen molar-refractivity contribution in [2.45, 2.75) is 31.9 Å². The lowest BCUT2D eigenvalue weighted by Gasteiger charge is -2.37. The Morgan fingerprint density at radius 3 is 2.25 bits per heavy atom. The van der Waals surface area contributed by atoms with E-state index in [4.69, 9.17) is 9.29 Å². The molecule has 0 radical (unpaired) electrons. The van der Waals surface area contributed by atoms with E-state index in [0.29, 0.717) is 26.2 Å². The Balaban J connectivity index is 2.52. The Morgan fingerprint density at radius 2 is 1.85 bits per heavy atom. The molecule has 1 amide bonds. The van der Waals surface area contributed by atoms with Gasteiger partial charge in [0.15, 0.2) is 0 Å². The SMILES string of the molecule is CC(C)(C)OC(=O)N1CCN([C@H](OC=O)S(=O)O)CC1. The highest BCUT2D eigenvalue weighted by Gasteiger charge is 2.31. The third-order valence-electron chi connectivity index (χ3n) is 2.61. The maximum atomic E-state index is 11.8. The van der Waals surface area contributed by atoms with E-state index in [1.807, 2.05) is 0 Å². The van der Waals surface area contributed by atoms with Crippen molar-refractivity contribution in [2.75, 3.05) is 26.2 Å². The van der Waals surface area contributed by atoms with E-state index < -0.39 is 28.3 Å². The van der Waals surface area contributed by atoms with Crippen LogP contribution in [0.25, 0.3) is 0 Å². The highest BCUT2D eigenvalue weighted by molar-refractivity contribution is 7.79. The van der Waals surface area contributed by atoms with Crippen molar-refractivity contribution in [1.82, 2.24) is 9.80 Å². The third-order valence-corrected chi connectivity index (χ3v) is 3.36. The van der Waals surface area contributed by atoms with Crippen molar-refractivity contribution in [3.05, 3.63) is 0 Å². The van der Waals surface area contributed by atoms with E-state index in [1.165, 1.54) is 9.80 Å². The van der Waals surface area contributed by atoms with Gasteiger partial charge in [0.1, 0.15) is 5.60 Å². The minimum atomic E-state index is -2.30. The molecule has 1 fully saturated rings. The summed E-state index contributed by atoms with van der Waals surface area (Å²) < 4.78 is 30.0. The van der Waals surface area contributed by atoms with E-state index in [0.717, 1.165) is 0 Å². The van der Waals surface area contributed by atoms with Crippen molar-refractivity contribution in [3.63, 3.8) is 0 Å². The topological polar surface area (TPSA) is 96.4 Å². The second-order valence-corrected chi connectivity index (χ2v) is 6.27. The molecule has 1 aliphatic rings. The number of hydrogen-bond acceptors (Lipinski definition) is 6. The van der Waals surface area contributed by atoms with Crippen LogP contribution in [0.3, 0.4) is 0 Å². The van der Waals surface area contributed by atoms with Crippen molar-refractivity contribution in [2.24, 2.45) is 0 Å². The van der Waals surface area contributed by atoms with Crippen LogP contribution < -0.4 is 0 Å². The van der Waals surface area contributed by atoms with E-state index >= 15 is 0 Å². The Morgan fingerprint density at radius 1 is 1.30 bits per heavy atom. The summed E-state index contributed by atoms with van der Waals surface area (Å²) in [6, 6.07) is 0. The monoisotopic (exact) mass is 308 g/mol. The van der Waals surface area contributed by atoms with Crippen LogP contribution in [0.15, 0.2) is 0 Å². The fourth-order valence-corrected chi connectivity index (χ4v) is 2.36. The Kier molecular flexibility index (Phi) is 5.90. The fraction of sp³-hybridized carbons (Fsp3) is 0.818. The van der Waals surface area contributed by atoms with E-state index in [2.05, 4.69) is 4.74 Å². The zero-order valence-corrected chi connectivity index (χ0v) is 12.6. The number of piperazine rings is 1. The molecule has 1 rings (SSSR count). The van der Waals surface area contributed by atoms with Gasteiger partial charge in [0.25, 0.3) is 12.0 Å². The second kappa shape index (κ2) is 7.00. The average Bonchev–Trinajstić information content (AvgIpc) is 2.33. The lowest BCUT2D eigenvalue weighted by molar-refractivity contribution is -0.137. The summed E-state index contributed by atoms with van der Waals surface area (Å²) in [5, 5.41) is 0. The van der Waals surface area contributed by atoms with E-state index in [9.17, 15) is 13.8 Å². The standard InChI is InChI=1S/C11H20N2O6S/c1-11(2,3)19-9(15)12-4-6-13(7-5-12)10(18-8-14)20(16)17/h8,10H,4-7H2,1-3H3,(H,16,17)/t10-/m1/s1. The van der Waals surface area contributed by atoms with E-state index in [-0.39, 0.29) is 6.47 Å². The summed E-state index contributed by atoms with van der Waals surface area (Å²) in [5.41, 5.74) is -1.77. The fourth-order valence-electron chi connectivity index (χ4n) is 1.75. The molecule has 0 aromatic rings. The number of carbonyl (C=O) groups is 2. The van der Waals surface area contributed by atoms with Crippen molar-refractivity contribution in [1.29, 1.82) is 0 Å². The van der Waals surface area contributed by atoms with Gasteiger partial charge in [0, 0.05) is 26.2 Å². The van der Waals surface area contributed by atoms with Gasteiger partial charge in [-0.25, -0.2) is 9.00 Å². The molecular formula is C11H20N2O6S. The number of ether oxygens (including phenoxy) is 2. The maximum absolute atomic E-state index is 11.8. The smallest absolute Gasteiger partial charge is 0.410 e. The minimum Gasteiger partial charge on any atom is -0.444 e. The second-order valence-electron chi connectivity index (χ2n) is 5.32. The number of rotatable bonds is 4. The molecule has 0 bridgehead atoms. The van der Waals surface area contributed by atoms with Crippen LogP contribution in [-0.2, 0) is 25.3 Å². The summed E-state index contributed by atoms with van der Waals surface area (Å²) in [7, 11) is 0. The predicted molar refractivity (Wildman–Crippen MR) is 71.1 cm³/mol. The first kappa shape index (κ1) is 16.9. The molecule has 1 aliphatic heterocycles. The average molecular weight is 308 g/mol. The van der Waals surface area contributed by atoms with Crippen LogP contribution in [0.1, 0.15) is 20.8 Å². The highest BCUT2D eigenvalue weighted by atomic mass is 32.2. The lowest BCUT2D eigenvalue weighted by atomic mass is 10.2. The van der Waals surface area contributed by atoms with Crippen molar-refractivity contribution >= 4 is 23.6 Å². The predicted octanol–water partition coefficient (Wildman–Crippen LogP) is 0.217. The third kappa shape index (κ3) is 5.06. The van der Waals surface area contributed by atoms with Crippen LogP contribution in [0.4, 0.5) is 4.79 Å². The molecule has 0 aromatic heterocycles. The molecule has 2 atom stereocenters. The van der Waals surface area contributed by atoms with E-state index in [1.54, 1.807) is 20.8 Å². The van der Waals surface area contributed by atoms with Gasteiger partial charge in [-0.3, -0.25) is 9.69 Å². The summed E-state index contributed by atoms with van der Waals surface area (Å²) in [6.45, 7) is 6.81. The summed E-state index contributed by atoms with van der Waals surface area (Å²) in [5.74, 6) is 0. The van der Waals surface area contributed by atoms with Gasteiger partial charge in [0.2, 0.25) is 11.1 Å². The molecule has 1 saturated heterocycles. The molecule has 0 aliphatic carbocycles. The maximum Gasteiger partial charge on any atom is 0.410 e. The summed E-state index contributed by atoms with van der Waals surface area (Å²) in [4.78, 5) is 25.2. The first-order valence-electron chi connectivity index (χ1n) is 6.15. The molecule has 1 N–H and O–H groups in total. The minimum absolute atomic E-state index is 0.138. The van der Waals surface area contributed by atoms with Crippen LogP contribution >= 0.6 is 0 Å². The molecule has 0 saturated carbocycles. The van der Waals surface area contributed by atoms with Gasteiger partial charge in [-0.1, -0.05) is 0 Å². The number of nitrogens with zero attached hydrogens (tertiary/aromatic N) is 2. The quantitative estimate of drug-likeness (QED) is 0.586. The summed E-state index contributed by atoms with van der Waals surface area (Å²) in [6.07, 6.45) is -0.421. The molecule has 1 unspecified atom stereocenters. The van der Waals surface area contributed by atoms with Crippen LogP contribution in [0.2, 0.25) is 0 Å². The van der Waals surface area contributed by atoms with Crippen LogP contribution in [0.5, 0.6) is 0 Å². The van der Waals surface area contributed by atoms with Crippen LogP contribution in [-0.4, -0.2) is 68.5 Å². The Bertz CT molecular complexity index is 376. The van der Waals surface area contributed by atoms with Gasteiger partial charge in [-0.05, 0) is 20.8 Å². The lowest BCUT2D eigenvalue weighted by Crippen LogP contribution is -2.54. The first-order chi connectivity index (χ1) is 9.24. The largest absolute Gasteiger partial charge is 0.444 e. The number of carbonyl (C=O) groups excluding carboxylic acids is 2. The zero-order valence-electron chi connectivity index (χ0n) is 11.8. The molecular weight excluding hydrogens is 288 g/mol. The van der Waals surface area contributed by atoms with Gasteiger partial charge in [0.05, 0.1) is 0 Å². The zero-order chi connectivity index (χ0) is 15.3. The normalized spacial score (nSPS) is 20.1. The van der Waals surface area contributed by atoms with Gasteiger partial charge in [-0.2, -0.15) is 0 Å². The Hall–Kier alpha value is -1.19. The molecule has 1 heterocycles. The number of amides is 1. The van der Waals surface area contributed by atoms with Crippen LogP contribution in [0, 0.1) is 0 Å². The van der Waals surface area contributed by atoms with Gasteiger partial charge >= 0.3 is 6.09 Å². The highest BCUT2D eigenvalue weighted by Crippen LogP contribution is 2.14. The molecule has 8 nitrogen and oxygen atoms in total. The van der Waals surface area contributed by atoms with Gasteiger partial charge < -0.3 is 18.9 Å². The summed E-state index contributed by atoms with van der Waals surface area (Å²) >= 11 is -2.30. The molecule has 116 valence electrons. The number of hydrogen-bond donors (Lipinski definition) is 1. The van der Waals surface area contributed by atoms with Crippen molar-refractivity contribution in [3.8, 4) is 0 Å².